The number of carbonyl (C=O) groups excluding carboxylic acids is 2. The van der Waals surface area contributed by atoms with Crippen LogP contribution in [-0.2, 0) is 9.59 Å². The highest BCUT2D eigenvalue weighted by Gasteiger charge is 2.08. The van der Waals surface area contributed by atoms with Gasteiger partial charge in [-0.2, -0.15) is 5.26 Å². The van der Waals surface area contributed by atoms with E-state index < -0.39 is 23.7 Å². The summed E-state index contributed by atoms with van der Waals surface area (Å²) in [6.07, 6.45) is 1.22. The summed E-state index contributed by atoms with van der Waals surface area (Å²) in [5.74, 6) is -3.01. The number of rotatable bonds is 3. The van der Waals surface area contributed by atoms with Crippen molar-refractivity contribution in [1.29, 1.82) is 5.26 Å². The van der Waals surface area contributed by atoms with Gasteiger partial charge in [-0.15, -0.1) is 0 Å². The van der Waals surface area contributed by atoms with Crippen LogP contribution >= 0.6 is 0 Å². The fourth-order valence-corrected chi connectivity index (χ4v) is 1.15. The van der Waals surface area contributed by atoms with Gasteiger partial charge in [0.1, 0.15) is 11.9 Å². The number of benzene rings is 1. The molecule has 0 unspecified atom stereocenters. The van der Waals surface area contributed by atoms with Crippen molar-refractivity contribution in [2.45, 2.75) is 0 Å². The summed E-state index contributed by atoms with van der Waals surface area (Å²) in [7, 11) is 0. The second kappa shape index (κ2) is 6.65. The first-order valence-corrected chi connectivity index (χ1v) is 5.15. The molecule has 0 atom stereocenters. The van der Waals surface area contributed by atoms with Gasteiger partial charge in [-0.25, -0.2) is 14.0 Å². The lowest BCUT2D eigenvalue weighted by Gasteiger charge is -2.05. The van der Waals surface area contributed by atoms with Crippen LogP contribution in [-0.4, -0.2) is 23.0 Å². The van der Waals surface area contributed by atoms with Gasteiger partial charge in [-0.1, -0.05) is 0 Å². The highest BCUT2D eigenvalue weighted by molar-refractivity contribution is 6.06. The Bertz CT molecular complexity index is 634. The molecule has 1 rings (SSSR count). The number of amides is 3. The van der Waals surface area contributed by atoms with Gasteiger partial charge in [-0.05, 0) is 18.2 Å². The number of carboxylic acids is 1. The average Bonchev–Trinajstić information content (AvgIpc) is 2.38. The molecule has 0 spiro atoms. The molecule has 3 amide bonds. The maximum absolute atomic E-state index is 13.0. The number of nitrogens with one attached hydrogen (secondary N) is 2. The summed E-state index contributed by atoms with van der Waals surface area (Å²) in [6, 6.07) is 3.93. The summed E-state index contributed by atoms with van der Waals surface area (Å²) in [5.41, 5.74) is -0.157. The van der Waals surface area contributed by atoms with Crippen molar-refractivity contribution in [2.75, 3.05) is 5.32 Å². The van der Waals surface area contributed by atoms with E-state index in [1.54, 1.807) is 6.07 Å². The molecule has 0 heterocycles. The van der Waals surface area contributed by atoms with Gasteiger partial charge in [0.25, 0.3) is 5.91 Å². The first kappa shape index (κ1) is 14.8. The Labute approximate surface area is 112 Å². The van der Waals surface area contributed by atoms with Gasteiger partial charge >= 0.3 is 12.0 Å². The van der Waals surface area contributed by atoms with E-state index >= 15 is 0 Å². The van der Waals surface area contributed by atoms with Gasteiger partial charge in [-0.3, -0.25) is 10.1 Å². The number of carboxylic acid groups (broad SMARTS) is 1. The standard InChI is InChI=1S/C12H8FN3O4/c13-9-2-1-8(5-7(9)6-14)15-12(20)16-10(17)3-4-11(18)19/h1-5H,(H,18,19)(H2,15,16,17,20). The maximum atomic E-state index is 13.0. The molecule has 20 heavy (non-hydrogen) atoms. The molecule has 0 aliphatic carbocycles. The molecule has 7 nitrogen and oxygen atoms in total. The Morgan fingerprint density at radius 3 is 2.60 bits per heavy atom. The van der Waals surface area contributed by atoms with Crippen LogP contribution in [0.3, 0.4) is 0 Å². The molecule has 102 valence electrons. The van der Waals surface area contributed by atoms with Crippen LogP contribution in [0, 0.1) is 17.1 Å². The van der Waals surface area contributed by atoms with Crippen molar-refractivity contribution < 1.29 is 23.9 Å². The quantitative estimate of drug-likeness (QED) is 0.711. The summed E-state index contributed by atoms with van der Waals surface area (Å²) in [5, 5.41) is 20.9. The third kappa shape index (κ3) is 4.58. The molecule has 0 aliphatic rings. The van der Waals surface area contributed by atoms with E-state index in [0.717, 1.165) is 12.1 Å². The molecular formula is C12H8FN3O4. The number of nitriles is 1. The minimum absolute atomic E-state index is 0.107. The van der Waals surface area contributed by atoms with Crippen LogP contribution in [0.25, 0.3) is 0 Å². The highest BCUT2D eigenvalue weighted by atomic mass is 19.1. The average molecular weight is 277 g/mol. The summed E-state index contributed by atoms with van der Waals surface area (Å²) >= 11 is 0. The van der Waals surface area contributed by atoms with E-state index in [1.807, 2.05) is 5.32 Å². The summed E-state index contributed by atoms with van der Waals surface area (Å²) < 4.78 is 13.0. The monoisotopic (exact) mass is 277 g/mol. The van der Waals surface area contributed by atoms with E-state index in [-0.39, 0.29) is 11.3 Å². The number of carbonyl (C=O) groups is 3. The third-order valence-corrected chi connectivity index (χ3v) is 1.96. The molecular weight excluding hydrogens is 269 g/mol. The van der Waals surface area contributed by atoms with E-state index in [9.17, 15) is 18.8 Å². The lowest BCUT2D eigenvalue weighted by molar-refractivity contribution is -0.131. The Kier molecular flexibility index (Phi) is 4.94. The lowest BCUT2D eigenvalue weighted by Crippen LogP contribution is -2.33. The fraction of sp³-hybridized carbons (Fsp3) is 0. The second-order valence-electron chi connectivity index (χ2n) is 3.42. The number of halogens is 1. The number of anilines is 1. The molecule has 1 aromatic rings. The Morgan fingerprint density at radius 1 is 1.30 bits per heavy atom. The zero-order valence-corrected chi connectivity index (χ0v) is 9.88. The zero-order valence-electron chi connectivity index (χ0n) is 9.88. The van der Waals surface area contributed by atoms with E-state index in [2.05, 4.69) is 5.32 Å². The smallest absolute Gasteiger partial charge is 0.328 e. The molecule has 1 aromatic carbocycles. The summed E-state index contributed by atoms with van der Waals surface area (Å²) in [4.78, 5) is 32.6. The molecule has 3 N–H and O–H groups in total. The van der Waals surface area contributed by atoms with Gasteiger partial charge in [0.15, 0.2) is 0 Å². The first-order valence-electron chi connectivity index (χ1n) is 5.15. The maximum Gasteiger partial charge on any atom is 0.328 e. The highest BCUT2D eigenvalue weighted by Crippen LogP contribution is 2.13. The number of hydrogen-bond donors (Lipinski definition) is 3. The van der Waals surface area contributed by atoms with Crippen LogP contribution in [0.2, 0.25) is 0 Å². The minimum atomic E-state index is -1.34. The Hall–Kier alpha value is -3.21. The van der Waals surface area contributed by atoms with Crippen molar-refractivity contribution in [3.63, 3.8) is 0 Å². The SMILES string of the molecule is N#Cc1cc(NC(=O)NC(=O)C=CC(=O)O)ccc1F. The van der Waals surface area contributed by atoms with Crippen molar-refractivity contribution in [3.05, 3.63) is 41.7 Å². The van der Waals surface area contributed by atoms with Crippen molar-refractivity contribution in [1.82, 2.24) is 5.32 Å². The number of hydrogen-bond acceptors (Lipinski definition) is 4. The van der Waals surface area contributed by atoms with Crippen molar-refractivity contribution >= 4 is 23.6 Å². The van der Waals surface area contributed by atoms with Crippen molar-refractivity contribution in [2.24, 2.45) is 0 Å². The summed E-state index contributed by atoms with van der Waals surface area (Å²) in [6.45, 7) is 0. The van der Waals surface area contributed by atoms with Crippen molar-refractivity contribution in [3.8, 4) is 6.07 Å². The largest absolute Gasteiger partial charge is 0.478 e. The van der Waals surface area contributed by atoms with E-state index in [0.29, 0.717) is 12.2 Å². The molecule has 0 saturated heterocycles. The fourth-order valence-electron chi connectivity index (χ4n) is 1.15. The number of aliphatic carboxylic acids is 1. The molecule has 0 saturated carbocycles. The van der Waals surface area contributed by atoms with Gasteiger partial charge in [0.2, 0.25) is 0 Å². The van der Waals surface area contributed by atoms with Crippen LogP contribution in [0.5, 0.6) is 0 Å². The molecule has 0 aliphatic heterocycles. The predicted octanol–water partition coefficient (Wildman–Crippen LogP) is 0.986. The van der Waals surface area contributed by atoms with E-state index in [1.165, 1.54) is 6.07 Å². The third-order valence-electron chi connectivity index (χ3n) is 1.96. The Morgan fingerprint density at radius 2 is 2.00 bits per heavy atom. The molecule has 0 aromatic heterocycles. The van der Waals surface area contributed by atoms with Crippen LogP contribution < -0.4 is 10.6 Å². The van der Waals surface area contributed by atoms with Gasteiger partial charge in [0.05, 0.1) is 5.56 Å². The molecule has 0 bridgehead atoms. The molecule has 0 radical (unpaired) electrons. The predicted molar refractivity (Wildman–Crippen MR) is 65.1 cm³/mol. The normalized spacial score (nSPS) is 9.80. The van der Waals surface area contributed by atoms with Gasteiger partial charge < -0.3 is 10.4 Å². The van der Waals surface area contributed by atoms with E-state index in [4.69, 9.17) is 10.4 Å². The number of urea groups is 1. The zero-order chi connectivity index (χ0) is 15.1. The van der Waals surface area contributed by atoms with Crippen LogP contribution in [0.1, 0.15) is 5.56 Å². The molecule has 8 heteroatoms. The number of imide groups is 1. The van der Waals surface area contributed by atoms with Crippen LogP contribution in [0.4, 0.5) is 14.9 Å². The minimum Gasteiger partial charge on any atom is -0.478 e. The lowest BCUT2D eigenvalue weighted by atomic mass is 10.2. The number of nitrogens with zero attached hydrogens (tertiary/aromatic N) is 1. The Balaban J connectivity index is 2.65. The topological polar surface area (TPSA) is 119 Å². The second-order valence-corrected chi connectivity index (χ2v) is 3.42. The van der Waals surface area contributed by atoms with Gasteiger partial charge in [0, 0.05) is 17.8 Å². The van der Waals surface area contributed by atoms with Crippen LogP contribution in [0.15, 0.2) is 30.4 Å². The first-order chi connectivity index (χ1) is 9.42. The molecule has 0 fully saturated rings.